The van der Waals surface area contributed by atoms with Crippen LogP contribution in [0.2, 0.25) is 0 Å². The number of amides is 1. The number of aromatic nitrogens is 1. The van der Waals surface area contributed by atoms with Gasteiger partial charge in [-0.1, -0.05) is 51.1 Å². The van der Waals surface area contributed by atoms with Gasteiger partial charge < -0.3 is 19.1 Å². The summed E-state index contributed by atoms with van der Waals surface area (Å²) < 4.78 is 46.0. The van der Waals surface area contributed by atoms with Crippen molar-refractivity contribution in [3.05, 3.63) is 89.6 Å². The van der Waals surface area contributed by atoms with E-state index in [4.69, 9.17) is 9.40 Å². The summed E-state index contributed by atoms with van der Waals surface area (Å²) in [7, 11) is 3.88. The van der Waals surface area contributed by atoms with E-state index in [9.17, 15) is 18.0 Å². The first kappa shape index (κ1) is 29.2. The van der Waals surface area contributed by atoms with Crippen LogP contribution in [0.15, 0.2) is 77.2 Å². The van der Waals surface area contributed by atoms with Crippen LogP contribution in [0.3, 0.4) is 0 Å². The Hall–Kier alpha value is -4.27. The number of halogens is 3. The van der Waals surface area contributed by atoms with Gasteiger partial charge in [0.15, 0.2) is 11.5 Å². The van der Waals surface area contributed by atoms with Crippen molar-refractivity contribution in [1.29, 1.82) is 0 Å². The maximum absolute atomic E-state index is 13.9. The molecule has 2 heterocycles. The zero-order valence-electron chi connectivity index (χ0n) is 24.5. The summed E-state index contributed by atoms with van der Waals surface area (Å²) >= 11 is 0. The Balaban J connectivity index is 1.44. The summed E-state index contributed by atoms with van der Waals surface area (Å²) in [5.74, 6) is 0.468. The number of alkyl halides is 3. The van der Waals surface area contributed by atoms with E-state index < -0.39 is 11.7 Å². The predicted molar refractivity (Wildman–Crippen MR) is 160 cm³/mol. The smallest absolute Gasteiger partial charge is 0.416 e. The van der Waals surface area contributed by atoms with Gasteiger partial charge in [0.05, 0.1) is 5.56 Å². The average molecular weight is 577 g/mol. The van der Waals surface area contributed by atoms with E-state index in [0.717, 1.165) is 28.9 Å². The van der Waals surface area contributed by atoms with Gasteiger partial charge in [-0.05, 0) is 53.4 Å². The van der Waals surface area contributed by atoms with Crippen molar-refractivity contribution >= 4 is 17.3 Å². The van der Waals surface area contributed by atoms with Crippen molar-refractivity contribution in [1.82, 2.24) is 9.88 Å². The molecule has 0 spiro atoms. The standard InChI is InChI=1S/C33H35F3N4O2/c1-32(2,3)24-14-12-22(13-15-24)30-37-28(29(42-30)23-8-6-10-26(20-23)38(4)5)31(41)40-18-16-39(17-19-40)27-11-7-9-25(21-27)33(34,35)36/h6-15,20-21H,16-19H2,1-5H3. The first-order valence-electron chi connectivity index (χ1n) is 13.9. The molecule has 220 valence electrons. The Kier molecular flexibility index (Phi) is 7.79. The van der Waals surface area contributed by atoms with Gasteiger partial charge in [-0.3, -0.25) is 4.79 Å². The van der Waals surface area contributed by atoms with Crippen LogP contribution in [-0.2, 0) is 11.6 Å². The fraction of sp³-hybridized carbons (Fsp3) is 0.333. The second kappa shape index (κ2) is 11.2. The molecule has 1 amide bonds. The molecule has 0 N–H and O–H groups in total. The number of oxazole rings is 1. The molecule has 0 unspecified atom stereocenters. The van der Waals surface area contributed by atoms with Crippen molar-refractivity contribution < 1.29 is 22.4 Å². The van der Waals surface area contributed by atoms with E-state index in [-0.39, 0.29) is 17.0 Å². The lowest BCUT2D eigenvalue weighted by atomic mass is 9.87. The number of anilines is 2. The second-order valence-electron chi connectivity index (χ2n) is 11.8. The Morgan fingerprint density at radius 3 is 2.12 bits per heavy atom. The van der Waals surface area contributed by atoms with Crippen LogP contribution in [0.5, 0.6) is 0 Å². The largest absolute Gasteiger partial charge is 0.435 e. The van der Waals surface area contributed by atoms with Gasteiger partial charge in [0.1, 0.15) is 0 Å². The molecular weight excluding hydrogens is 541 g/mol. The maximum Gasteiger partial charge on any atom is 0.416 e. The molecule has 42 heavy (non-hydrogen) atoms. The van der Waals surface area contributed by atoms with Crippen LogP contribution < -0.4 is 9.80 Å². The highest BCUT2D eigenvalue weighted by Gasteiger charge is 2.32. The normalized spacial score (nSPS) is 14.3. The molecule has 5 rings (SSSR count). The fourth-order valence-corrected chi connectivity index (χ4v) is 5.02. The summed E-state index contributed by atoms with van der Waals surface area (Å²) in [4.78, 5) is 24.1. The molecule has 1 saturated heterocycles. The quantitative estimate of drug-likeness (QED) is 0.249. The third-order valence-electron chi connectivity index (χ3n) is 7.56. The minimum Gasteiger partial charge on any atom is -0.435 e. The molecule has 0 radical (unpaired) electrons. The average Bonchev–Trinajstić information content (AvgIpc) is 3.42. The number of carbonyl (C=O) groups excluding carboxylic acids is 1. The summed E-state index contributed by atoms with van der Waals surface area (Å²) in [6, 6.07) is 21.0. The first-order chi connectivity index (χ1) is 19.8. The lowest BCUT2D eigenvalue weighted by molar-refractivity contribution is -0.137. The van der Waals surface area contributed by atoms with Crippen molar-refractivity contribution in [2.24, 2.45) is 0 Å². The molecule has 3 aromatic carbocycles. The number of carbonyl (C=O) groups is 1. The summed E-state index contributed by atoms with van der Waals surface area (Å²) in [5, 5.41) is 0. The molecule has 1 aromatic heterocycles. The minimum atomic E-state index is -4.41. The Morgan fingerprint density at radius 2 is 1.50 bits per heavy atom. The number of benzene rings is 3. The molecule has 0 atom stereocenters. The number of piperazine rings is 1. The molecule has 1 aliphatic rings. The van der Waals surface area contributed by atoms with Gasteiger partial charge in [-0.2, -0.15) is 13.2 Å². The molecule has 4 aromatic rings. The Labute approximate surface area is 244 Å². The molecule has 1 fully saturated rings. The van der Waals surface area contributed by atoms with E-state index in [1.807, 2.05) is 72.4 Å². The first-order valence-corrected chi connectivity index (χ1v) is 13.9. The third-order valence-corrected chi connectivity index (χ3v) is 7.56. The van der Waals surface area contributed by atoms with Gasteiger partial charge in [0.2, 0.25) is 5.89 Å². The number of hydrogen-bond acceptors (Lipinski definition) is 5. The monoisotopic (exact) mass is 576 g/mol. The summed E-state index contributed by atoms with van der Waals surface area (Å²) in [6.07, 6.45) is -4.41. The molecule has 0 aliphatic carbocycles. The molecule has 1 aliphatic heterocycles. The van der Waals surface area contributed by atoms with Gasteiger partial charge in [0, 0.05) is 62.8 Å². The SMILES string of the molecule is CN(C)c1cccc(-c2oc(-c3ccc(C(C)(C)C)cc3)nc2C(=O)N2CCN(c3cccc(C(F)(F)F)c3)CC2)c1. The lowest BCUT2D eigenvalue weighted by Gasteiger charge is -2.36. The topological polar surface area (TPSA) is 52.8 Å². The highest BCUT2D eigenvalue weighted by Crippen LogP contribution is 2.35. The highest BCUT2D eigenvalue weighted by atomic mass is 19.4. The zero-order chi connectivity index (χ0) is 30.2. The van der Waals surface area contributed by atoms with Crippen molar-refractivity contribution in [2.75, 3.05) is 50.1 Å². The van der Waals surface area contributed by atoms with Crippen LogP contribution in [0.1, 0.15) is 42.4 Å². The van der Waals surface area contributed by atoms with Crippen molar-refractivity contribution in [3.8, 4) is 22.8 Å². The minimum absolute atomic E-state index is 0.00969. The lowest BCUT2D eigenvalue weighted by Crippen LogP contribution is -2.49. The van der Waals surface area contributed by atoms with E-state index in [2.05, 4.69) is 20.8 Å². The second-order valence-corrected chi connectivity index (χ2v) is 11.8. The molecular formula is C33H35F3N4O2. The van der Waals surface area contributed by atoms with Crippen LogP contribution in [0.25, 0.3) is 22.8 Å². The number of nitrogens with zero attached hydrogens (tertiary/aromatic N) is 4. The van der Waals surface area contributed by atoms with Crippen LogP contribution in [0, 0.1) is 0 Å². The van der Waals surface area contributed by atoms with Crippen LogP contribution in [0.4, 0.5) is 24.5 Å². The van der Waals surface area contributed by atoms with Gasteiger partial charge >= 0.3 is 6.18 Å². The number of hydrogen-bond donors (Lipinski definition) is 0. The van der Waals surface area contributed by atoms with E-state index in [1.165, 1.54) is 11.6 Å². The summed E-state index contributed by atoms with van der Waals surface area (Å²) in [6.45, 7) is 7.92. The maximum atomic E-state index is 13.9. The van der Waals surface area contributed by atoms with Crippen molar-refractivity contribution in [2.45, 2.75) is 32.4 Å². The van der Waals surface area contributed by atoms with Crippen LogP contribution >= 0.6 is 0 Å². The van der Waals surface area contributed by atoms with Gasteiger partial charge in [0.25, 0.3) is 5.91 Å². The van der Waals surface area contributed by atoms with E-state index in [1.54, 1.807) is 11.0 Å². The summed E-state index contributed by atoms with van der Waals surface area (Å²) in [5.41, 5.74) is 3.63. The Bertz CT molecular complexity index is 1560. The molecule has 0 bridgehead atoms. The van der Waals surface area contributed by atoms with Crippen LogP contribution in [-0.4, -0.2) is 56.1 Å². The molecule has 0 saturated carbocycles. The van der Waals surface area contributed by atoms with Crippen molar-refractivity contribution in [3.63, 3.8) is 0 Å². The zero-order valence-corrected chi connectivity index (χ0v) is 24.5. The van der Waals surface area contributed by atoms with E-state index >= 15 is 0 Å². The van der Waals surface area contributed by atoms with Gasteiger partial charge in [-0.25, -0.2) is 4.98 Å². The fourth-order valence-electron chi connectivity index (χ4n) is 5.02. The third kappa shape index (κ3) is 6.15. The Morgan fingerprint density at radius 1 is 0.833 bits per heavy atom. The van der Waals surface area contributed by atoms with E-state index in [0.29, 0.717) is 43.5 Å². The molecule has 9 heteroatoms. The number of rotatable bonds is 5. The highest BCUT2D eigenvalue weighted by molar-refractivity contribution is 5.98. The molecule has 6 nitrogen and oxygen atoms in total. The van der Waals surface area contributed by atoms with Gasteiger partial charge in [-0.15, -0.1) is 0 Å². The predicted octanol–water partition coefficient (Wildman–Crippen LogP) is 7.35.